The van der Waals surface area contributed by atoms with Gasteiger partial charge >= 0.3 is 0 Å². The predicted molar refractivity (Wildman–Crippen MR) is 240 cm³/mol. The monoisotopic (exact) mass is 943 g/mol. The van der Waals surface area contributed by atoms with Crippen molar-refractivity contribution in [1.29, 1.82) is 0 Å². The summed E-state index contributed by atoms with van der Waals surface area (Å²) in [4.78, 5) is 1.55. The van der Waals surface area contributed by atoms with Gasteiger partial charge in [-0.05, 0) is 85.2 Å². The Kier molecular flexibility index (Phi) is 19.1. The number of hydrogen-bond donors (Lipinski definition) is 4. The molecule has 63 heavy (non-hydrogen) atoms. The van der Waals surface area contributed by atoms with Gasteiger partial charge in [-0.1, -0.05) is 26.8 Å². The number of fused-ring (bicyclic) bond motifs is 2. The van der Waals surface area contributed by atoms with Crippen molar-refractivity contribution in [1.82, 2.24) is 4.58 Å². The molecule has 17 nitrogen and oxygen atoms in total. The minimum absolute atomic E-state index is 0.0476. The molecule has 2 heterocycles. The molecule has 0 saturated carbocycles. The normalized spacial score (nSPS) is 17.3. The van der Waals surface area contributed by atoms with Crippen LogP contribution in [0.1, 0.15) is 70.3 Å². The second kappa shape index (κ2) is 23.1. The van der Waals surface area contributed by atoms with Gasteiger partial charge in [-0.2, -0.15) is 25.3 Å². The third-order valence-corrected chi connectivity index (χ3v) is 13.1. The van der Waals surface area contributed by atoms with Crippen LogP contribution in [0, 0.1) is 0 Å². The zero-order valence-electron chi connectivity index (χ0n) is 36.7. The second-order valence-corrected chi connectivity index (χ2v) is 21.0. The number of aliphatic hydroxyl groups is 1. The molecule has 1 atom stereocenters. The summed E-state index contributed by atoms with van der Waals surface area (Å²) < 4.78 is 130. The Morgan fingerprint density at radius 1 is 0.794 bits per heavy atom. The first-order chi connectivity index (χ1) is 29.6. The molecule has 1 aromatic rings. The van der Waals surface area contributed by atoms with E-state index in [1.807, 2.05) is 46.7 Å². The van der Waals surface area contributed by atoms with Crippen LogP contribution in [-0.4, -0.2) is 135 Å². The molecule has 0 aromatic heterocycles. The second-order valence-electron chi connectivity index (χ2n) is 16.5. The highest BCUT2D eigenvalue weighted by Crippen LogP contribution is 2.51. The number of anilines is 1. The molecular formula is C43H63N2O15S3+. The molecule has 1 unspecified atom stereocenters. The van der Waals surface area contributed by atoms with Gasteiger partial charge in [0.15, 0.2) is 6.54 Å². The number of hydrogen-bond acceptors (Lipinski definition) is 13. The zero-order chi connectivity index (χ0) is 46.5. The van der Waals surface area contributed by atoms with E-state index < -0.39 is 47.3 Å². The quantitative estimate of drug-likeness (QED) is 0.0496. The van der Waals surface area contributed by atoms with E-state index in [0.29, 0.717) is 101 Å². The first kappa shape index (κ1) is 52.1. The molecule has 4 N–H and O–H groups in total. The van der Waals surface area contributed by atoms with Crippen LogP contribution >= 0.6 is 0 Å². The van der Waals surface area contributed by atoms with Crippen molar-refractivity contribution in [2.24, 2.45) is 0 Å². The lowest BCUT2D eigenvalue weighted by Gasteiger charge is -2.30. The van der Waals surface area contributed by atoms with Crippen LogP contribution in [0.2, 0.25) is 0 Å². The van der Waals surface area contributed by atoms with Crippen LogP contribution in [0.25, 0.3) is 17.4 Å². The fourth-order valence-corrected chi connectivity index (χ4v) is 9.02. The summed E-state index contributed by atoms with van der Waals surface area (Å²) in [7, 11) is -11.4. The molecule has 0 spiro atoms. The summed E-state index contributed by atoms with van der Waals surface area (Å²) in [5.74, 6) is 0.134. The number of allylic oxidation sites excluding steroid dienone is 3. The molecule has 0 amide bonds. The van der Waals surface area contributed by atoms with Gasteiger partial charge in [0.25, 0.3) is 30.4 Å². The number of methoxy groups -OCH3 is 1. The fourth-order valence-electron chi connectivity index (χ4n) is 7.53. The lowest BCUT2D eigenvalue weighted by atomic mass is 9.77. The fraction of sp³-hybridized carbons (Fsp3) is 0.558. The van der Waals surface area contributed by atoms with Gasteiger partial charge in [-0.3, -0.25) is 13.7 Å². The Morgan fingerprint density at radius 2 is 1.43 bits per heavy atom. The maximum absolute atomic E-state index is 12.2. The lowest BCUT2D eigenvalue weighted by molar-refractivity contribution is 0.00371. The highest BCUT2D eigenvalue weighted by molar-refractivity contribution is 7.86. The van der Waals surface area contributed by atoms with E-state index in [4.69, 9.17) is 23.4 Å². The van der Waals surface area contributed by atoms with Crippen LogP contribution in [0.4, 0.5) is 5.69 Å². The van der Waals surface area contributed by atoms with Crippen LogP contribution in [0.15, 0.2) is 69.6 Å². The molecule has 4 rings (SSSR count). The molecule has 0 saturated heterocycles. The molecule has 0 bridgehead atoms. The maximum Gasteiger partial charge on any atom is 0.294 e. The van der Waals surface area contributed by atoms with Crippen molar-refractivity contribution in [3.63, 3.8) is 0 Å². The number of ether oxygens (including phenoxy) is 4. The van der Waals surface area contributed by atoms with Crippen molar-refractivity contribution >= 4 is 42.1 Å². The minimum atomic E-state index is -4.57. The van der Waals surface area contributed by atoms with Gasteiger partial charge in [-0.15, -0.1) is 0 Å². The molecular weight excluding hydrogens is 881 g/mol. The van der Waals surface area contributed by atoms with Crippen LogP contribution in [-0.2, 0) is 60.1 Å². The first-order valence-corrected chi connectivity index (χ1v) is 25.4. The van der Waals surface area contributed by atoms with Crippen molar-refractivity contribution in [3.8, 4) is 11.3 Å². The summed E-state index contributed by atoms with van der Waals surface area (Å²) in [6, 6.07) is 11.9. The SMILES string of the molecule is COCCOCCOCCOCC[N+](CCCS(=O)(=O)O)=c1ccc2c(C(C)(C)C)cc(/C=C/C=C3/N(CCCS(=O)(=O)O)c4ccc(S(=O)(=O)O)cc4C3(C)CCCO)oc-2c1. The highest BCUT2D eigenvalue weighted by Gasteiger charge is 2.43. The standard InChI is InChI=1S/C43H62N2O15S3/c1-42(2,3)37-31-34(10-6-11-41-43(4,16-7-20-46)38-32-35(63(53,54)55)13-15-39(38)45(41)18-9-29-62(50,51)52)60-40-30-33(12-14-36(37)40)44(17-8-28-61(47,48)49)19-21-57-24-25-59-27-26-58-23-22-56-5/h6,10-15,30-32,46H,7-9,16-29H2,1-5H3,(H2-,47,48,49,50,51,52,53,54,55)/p+1. The number of rotatable bonds is 26. The topological polar surface area (TPSA) is 240 Å². The van der Waals surface area contributed by atoms with E-state index in [1.54, 1.807) is 25.3 Å². The van der Waals surface area contributed by atoms with Crippen molar-refractivity contribution in [2.75, 3.05) is 96.0 Å². The van der Waals surface area contributed by atoms with Crippen LogP contribution < -0.4 is 14.8 Å². The molecule has 0 fully saturated rings. The van der Waals surface area contributed by atoms with Crippen molar-refractivity contribution < 1.29 is 67.4 Å². The Hall–Kier alpha value is -3.54. The van der Waals surface area contributed by atoms with E-state index in [1.165, 1.54) is 12.1 Å². The van der Waals surface area contributed by atoms with E-state index >= 15 is 0 Å². The molecule has 20 heteroatoms. The molecule has 3 aliphatic rings. The van der Waals surface area contributed by atoms with Gasteiger partial charge in [-0.25, -0.2) is 4.58 Å². The Bertz CT molecular complexity index is 2420. The Labute approximate surface area is 371 Å². The minimum Gasteiger partial charge on any atom is -0.456 e. The average Bonchev–Trinajstić information content (AvgIpc) is 3.42. The summed E-state index contributed by atoms with van der Waals surface area (Å²) in [5, 5.41) is 10.6. The van der Waals surface area contributed by atoms with E-state index in [9.17, 15) is 44.0 Å². The molecule has 1 aromatic carbocycles. The third-order valence-electron chi connectivity index (χ3n) is 10.6. The Balaban J connectivity index is 1.73. The predicted octanol–water partition coefficient (Wildman–Crippen LogP) is 4.40. The number of aliphatic hydroxyl groups excluding tert-OH is 1. The van der Waals surface area contributed by atoms with Gasteiger partial charge in [0, 0.05) is 55.1 Å². The van der Waals surface area contributed by atoms with E-state index in [-0.39, 0.29) is 36.3 Å². The van der Waals surface area contributed by atoms with Gasteiger partial charge in [0.2, 0.25) is 5.36 Å². The van der Waals surface area contributed by atoms with E-state index in [2.05, 4.69) is 20.8 Å². The van der Waals surface area contributed by atoms with Crippen molar-refractivity contribution in [3.05, 3.63) is 82.6 Å². The van der Waals surface area contributed by atoms with Gasteiger partial charge in [0.1, 0.15) is 24.7 Å². The summed E-state index contributed by atoms with van der Waals surface area (Å²) in [6.45, 7) is 11.7. The van der Waals surface area contributed by atoms with Gasteiger partial charge < -0.3 is 33.4 Å². The third kappa shape index (κ3) is 15.8. The number of nitrogens with zero attached hydrogens (tertiary/aromatic N) is 2. The number of benzene rings is 2. The molecule has 2 aliphatic heterocycles. The van der Waals surface area contributed by atoms with Crippen molar-refractivity contribution in [2.45, 2.75) is 69.1 Å². The smallest absolute Gasteiger partial charge is 0.294 e. The molecule has 352 valence electrons. The van der Waals surface area contributed by atoms with Crippen LogP contribution in [0.3, 0.4) is 0 Å². The summed E-state index contributed by atoms with van der Waals surface area (Å²) >= 11 is 0. The molecule has 1 aliphatic carbocycles. The summed E-state index contributed by atoms with van der Waals surface area (Å²) in [6.07, 6.45) is 6.31. The van der Waals surface area contributed by atoms with Crippen LogP contribution in [0.5, 0.6) is 0 Å². The summed E-state index contributed by atoms with van der Waals surface area (Å²) in [5.41, 5.74) is 2.46. The Morgan fingerprint density at radius 3 is 2.03 bits per heavy atom. The van der Waals surface area contributed by atoms with Gasteiger partial charge in [0.05, 0.1) is 62.1 Å². The van der Waals surface area contributed by atoms with E-state index in [0.717, 1.165) is 16.5 Å². The molecule has 0 radical (unpaired) electrons. The maximum atomic E-state index is 12.2. The average molecular weight is 944 g/mol. The first-order valence-electron chi connectivity index (χ1n) is 20.8. The largest absolute Gasteiger partial charge is 0.456 e. The highest BCUT2D eigenvalue weighted by atomic mass is 32.2. The zero-order valence-corrected chi connectivity index (χ0v) is 39.1. The lowest BCUT2D eigenvalue weighted by Crippen LogP contribution is -2.35.